The third-order valence-electron chi connectivity index (χ3n) is 3.19. The Balaban J connectivity index is 1.99. The molecule has 3 N–H and O–H groups in total. The number of nitrogens with zero attached hydrogens (tertiary/aromatic N) is 1. The van der Waals surface area contributed by atoms with Gasteiger partial charge in [0.15, 0.2) is 0 Å². The van der Waals surface area contributed by atoms with Gasteiger partial charge in [0.2, 0.25) is 0 Å². The van der Waals surface area contributed by atoms with Crippen molar-refractivity contribution in [1.29, 1.82) is 0 Å². The minimum atomic E-state index is 0.138. The third kappa shape index (κ3) is 3.77. The van der Waals surface area contributed by atoms with Crippen LogP contribution in [0.1, 0.15) is 23.6 Å². The molecule has 0 fully saturated rings. The van der Waals surface area contributed by atoms with E-state index in [0.29, 0.717) is 0 Å². The molecule has 0 aliphatic heterocycles. The van der Waals surface area contributed by atoms with Crippen LogP contribution in [0.3, 0.4) is 0 Å². The molecule has 0 spiro atoms. The Kier molecular flexibility index (Phi) is 4.89. The number of ether oxygens (including phenoxy) is 1. The highest BCUT2D eigenvalue weighted by Gasteiger charge is 2.09. The number of hydrogen-bond donors (Lipinski definition) is 2. The predicted molar refractivity (Wildman–Crippen MR) is 75.6 cm³/mol. The third-order valence-corrected chi connectivity index (χ3v) is 3.19. The molecule has 4 heteroatoms. The second kappa shape index (κ2) is 6.87. The van der Waals surface area contributed by atoms with E-state index in [1.165, 1.54) is 5.56 Å². The van der Waals surface area contributed by atoms with Crippen molar-refractivity contribution in [1.82, 2.24) is 10.4 Å². The molecule has 4 nitrogen and oxygen atoms in total. The van der Waals surface area contributed by atoms with Crippen LogP contribution >= 0.6 is 0 Å². The first-order valence-corrected chi connectivity index (χ1v) is 6.32. The number of benzene rings is 1. The number of hydrazine groups is 1. The maximum Gasteiger partial charge on any atom is 0.118 e. The van der Waals surface area contributed by atoms with Crippen LogP contribution in [0.15, 0.2) is 48.8 Å². The van der Waals surface area contributed by atoms with Gasteiger partial charge in [0.1, 0.15) is 5.75 Å². The second-order valence-corrected chi connectivity index (χ2v) is 4.39. The highest BCUT2D eigenvalue weighted by atomic mass is 16.5. The molecule has 0 radical (unpaired) electrons. The van der Waals surface area contributed by atoms with Crippen LogP contribution < -0.4 is 16.0 Å². The summed E-state index contributed by atoms with van der Waals surface area (Å²) in [7, 11) is 1.66. The number of aromatic nitrogens is 1. The number of aryl methyl sites for hydroxylation is 1. The zero-order valence-electron chi connectivity index (χ0n) is 11.0. The summed E-state index contributed by atoms with van der Waals surface area (Å²) in [4.78, 5) is 4.02. The zero-order chi connectivity index (χ0) is 13.5. The van der Waals surface area contributed by atoms with Gasteiger partial charge < -0.3 is 4.74 Å². The van der Waals surface area contributed by atoms with E-state index in [1.54, 1.807) is 7.11 Å². The number of pyridine rings is 1. The lowest BCUT2D eigenvalue weighted by Crippen LogP contribution is -2.28. The van der Waals surface area contributed by atoms with Crippen LogP contribution in [0, 0.1) is 0 Å². The van der Waals surface area contributed by atoms with Crippen molar-refractivity contribution in [3.8, 4) is 5.75 Å². The van der Waals surface area contributed by atoms with E-state index < -0.39 is 0 Å². The normalized spacial score (nSPS) is 12.1. The number of methoxy groups -OCH3 is 1. The van der Waals surface area contributed by atoms with Gasteiger partial charge in [-0.1, -0.05) is 12.1 Å². The minimum Gasteiger partial charge on any atom is -0.497 e. The van der Waals surface area contributed by atoms with Gasteiger partial charge >= 0.3 is 0 Å². The first-order valence-electron chi connectivity index (χ1n) is 6.32. The average molecular weight is 257 g/mol. The van der Waals surface area contributed by atoms with Crippen LogP contribution in [-0.4, -0.2) is 12.1 Å². The Morgan fingerprint density at radius 3 is 2.42 bits per heavy atom. The fourth-order valence-corrected chi connectivity index (χ4v) is 2.04. The summed E-state index contributed by atoms with van der Waals surface area (Å²) in [5, 5.41) is 0. The molecule has 1 atom stereocenters. The summed E-state index contributed by atoms with van der Waals surface area (Å²) < 4.78 is 5.15. The second-order valence-electron chi connectivity index (χ2n) is 4.39. The van der Waals surface area contributed by atoms with Gasteiger partial charge in [0, 0.05) is 18.4 Å². The molecular weight excluding hydrogens is 238 g/mol. The van der Waals surface area contributed by atoms with Crippen LogP contribution in [0.2, 0.25) is 0 Å². The van der Waals surface area contributed by atoms with Crippen molar-refractivity contribution in [2.75, 3.05) is 7.11 Å². The zero-order valence-corrected chi connectivity index (χ0v) is 11.0. The molecule has 0 bridgehead atoms. The quantitative estimate of drug-likeness (QED) is 0.615. The summed E-state index contributed by atoms with van der Waals surface area (Å²) in [6.07, 6.45) is 5.53. The molecule has 0 saturated heterocycles. The Labute approximate surface area is 113 Å². The minimum absolute atomic E-state index is 0.138. The monoisotopic (exact) mass is 257 g/mol. The molecule has 100 valence electrons. The SMILES string of the molecule is COc1ccc(C(CCc2ccncc2)NN)cc1. The van der Waals surface area contributed by atoms with Crippen LogP contribution in [-0.2, 0) is 6.42 Å². The topological polar surface area (TPSA) is 60.2 Å². The van der Waals surface area contributed by atoms with E-state index in [0.717, 1.165) is 24.2 Å². The molecule has 2 aromatic rings. The number of nitrogens with two attached hydrogens (primary N) is 1. The fraction of sp³-hybridized carbons (Fsp3) is 0.267. The molecule has 0 aliphatic carbocycles. The van der Waals surface area contributed by atoms with Crippen LogP contribution in [0.25, 0.3) is 0 Å². The summed E-state index contributed by atoms with van der Waals surface area (Å²) in [5.74, 6) is 6.50. The molecule has 1 heterocycles. The Bertz CT molecular complexity index is 485. The van der Waals surface area contributed by atoms with E-state index in [9.17, 15) is 0 Å². The van der Waals surface area contributed by atoms with Gasteiger partial charge in [-0.3, -0.25) is 16.3 Å². The highest BCUT2D eigenvalue weighted by Crippen LogP contribution is 2.21. The van der Waals surface area contributed by atoms with E-state index in [2.05, 4.69) is 10.4 Å². The van der Waals surface area contributed by atoms with Crippen molar-refractivity contribution < 1.29 is 4.74 Å². The fourth-order valence-electron chi connectivity index (χ4n) is 2.04. The smallest absolute Gasteiger partial charge is 0.118 e. The lowest BCUT2D eigenvalue weighted by atomic mass is 10.00. The molecule has 0 saturated carbocycles. The molecular formula is C15H19N3O. The highest BCUT2D eigenvalue weighted by molar-refractivity contribution is 5.29. The largest absolute Gasteiger partial charge is 0.497 e. The molecule has 0 amide bonds. The maximum atomic E-state index is 5.65. The predicted octanol–water partition coefficient (Wildman–Crippen LogP) is 2.23. The summed E-state index contributed by atoms with van der Waals surface area (Å²) in [6.45, 7) is 0. The van der Waals surface area contributed by atoms with Crippen molar-refractivity contribution in [3.63, 3.8) is 0 Å². The average Bonchev–Trinajstić information content (AvgIpc) is 2.49. The van der Waals surface area contributed by atoms with Crippen molar-refractivity contribution in [3.05, 3.63) is 59.9 Å². The lowest BCUT2D eigenvalue weighted by molar-refractivity contribution is 0.414. The van der Waals surface area contributed by atoms with Gasteiger partial charge in [-0.25, -0.2) is 0 Å². The molecule has 1 aromatic heterocycles. The van der Waals surface area contributed by atoms with Gasteiger partial charge in [-0.05, 0) is 48.2 Å². The molecule has 0 aliphatic rings. The first-order chi connectivity index (χ1) is 9.33. The molecule has 19 heavy (non-hydrogen) atoms. The summed E-state index contributed by atoms with van der Waals surface area (Å²) in [5.41, 5.74) is 5.30. The Morgan fingerprint density at radius 1 is 1.16 bits per heavy atom. The summed E-state index contributed by atoms with van der Waals surface area (Å²) in [6, 6.07) is 12.2. The van der Waals surface area contributed by atoms with Gasteiger partial charge in [0.05, 0.1) is 7.11 Å². The van der Waals surface area contributed by atoms with E-state index >= 15 is 0 Å². The maximum absolute atomic E-state index is 5.65. The molecule has 2 rings (SSSR count). The van der Waals surface area contributed by atoms with Crippen molar-refractivity contribution >= 4 is 0 Å². The Hall–Kier alpha value is -1.91. The van der Waals surface area contributed by atoms with Crippen molar-refractivity contribution in [2.45, 2.75) is 18.9 Å². The van der Waals surface area contributed by atoms with Crippen LogP contribution in [0.5, 0.6) is 5.75 Å². The number of rotatable bonds is 6. The summed E-state index contributed by atoms with van der Waals surface area (Å²) >= 11 is 0. The van der Waals surface area contributed by atoms with E-state index in [1.807, 2.05) is 48.8 Å². The van der Waals surface area contributed by atoms with Crippen LogP contribution in [0.4, 0.5) is 0 Å². The molecule has 1 aromatic carbocycles. The standard InChI is InChI=1S/C15H19N3O/c1-19-14-5-3-13(4-6-14)15(18-16)7-2-12-8-10-17-11-9-12/h3-6,8-11,15,18H,2,7,16H2,1H3. The van der Waals surface area contributed by atoms with E-state index in [-0.39, 0.29) is 6.04 Å². The van der Waals surface area contributed by atoms with Crippen molar-refractivity contribution in [2.24, 2.45) is 5.84 Å². The Morgan fingerprint density at radius 2 is 1.84 bits per heavy atom. The van der Waals surface area contributed by atoms with Gasteiger partial charge in [-0.15, -0.1) is 0 Å². The lowest BCUT2D eigenvalue weighted by Gasteiger charge is -2.16. The first kappa shape index (κ1) is 13.5. The van der Waals surface area contributed by atoms with Gasteiger partial charge in [-0.2, -0.15) is 0 Å². The van der Waals surface area contributed by atoms with E-state index in [4.69, 9.17) is 10.6 Å². The number of hydrogen-bond acceptors (Lipinski definition) is 4. The number of nitrogens with one attached hydrogen (secondary N) is 1. The molecule has 1 unspecified atom stereocenters. The van der Waals surface area contributed by atoms with Gasteiger partial charge in [0.25, 0.3) is 0 Å².